The van der Waals surface area contributed by atoms with Crippen LogP contribution in [0.2, 0.25) is 0 Å². The zero-order valence-electron chi connectivity index (χ0n) is 9.25. The van der Waals surface area contributed by atoms with Crippen LogP contribution < -0.4 is 9.47 Å². The maximum absolute atomic E-state index is 11.5. The lowest BCUT2D eigenvalue weighted by Crippen LogP contribution is -2.29. The SMILES string of the molecule is COc1cccc(-c2ccc(C#N)[n+]([O-])c2)c1. The van der Waals surface area contributed by atoms with Crippen LogP contribution in [0.15, 0.2) is 42.6 Å². The number of rotatable bonds is 2. The van der Waals surface area contributed by atoms with Gasteiger partial charge in [-0.2, -0.15) is 9.99 Å². The molecule has 1 aromatic heterocycles. The van der Waals surface area contributed by atoms with Gasteiger partial charge in [0.1, 0.15) is 5.75 Å². The van der Waals surface area contributed by atoms with Gasteiger partial charge in [-0.15, -0.1) is 0 Å². The van der Waals surface area contributed by atoms with Gasteiger partial charge in [-0.1, -0.05) is 12.1 Å². The zero-order chi connectivity index (χ0) is 12.3. The van der Waals surface area contributed by atoms with E-state index in [2.05, 4.69) is 0 Å². The Bertz CT molecular complexity index is 588. The first-order chi connectivity index (χ1) is 8.24. The van der Waals surface area contributed by atoms with Crippen molar-refractivity contribution in [3.63, 3.8) is 0 Å². The highest BCUT2D eigenvalue weighted by Gasteiger charge is 2.07. The van der Waals surface area contributed by atoms with E-state index in [0.29, 0.717) is 4.73 Å². The van der Waals surface area contributed by atoms with Crippen molar-refractivity contribution >= 4 is 0 Å². The Morgan fingerprint density at radius 2 is 2.06 bits per heavy atom. The van der Waals surface area contributed by atoms with Crippen LogP contribution >= 0.6 is 0 Å². The Balaban J connectivity index is 2.46. The van der Waals surface area contributed by atoms with E-state index < -0.39 is 0 Å². The molecule has 0 saturated heterocycles. The van der Waals surface area contributed by atoms with E-state index in [-0.39, 0.29) is 5.69 Å². The summed E-state index contributed by atoms with van der Waals surface area (Å²) in [4.78, 5) is 0. The second-order valence-electron chi connectivity index (χ2n) is 3.47. The number of pyridine rings is 1. The topological polar surface area (TPSA) is 60.0 Å². The number of nitriles is 1. The molecule has 4 nitrogen and oxygen atoms in total. The summed E-state index contributed by atoms with van der Waals surface area (Å²) in [5, 5.41) is 20.1. The molecule has 0 aliphatic rings. The maximum Gasteiger partial charge on any atom is 0.294 e. The fraction of sp³-hybridized carbons (Fsp3) is 0.0769. The maximum atomic E-state index is 11.5. The molecule has 0 aliphatic carbocycles. The van der Waals surface area contributed by atoms with E-state index in [1.807, 2.05) is 30.3 Å². The molecule has 2 aromatic rings. The van der Waals surface area contributed by atoms with Gasteiger partial charge in [0.2, 0.25) is 0 Å². The highest BCUT2D eigenvalue weighted by Crippen LogP contribution is 2.22. The van der Waals surface area contributed by atoms with Crippen molar-refractivity contribution in [3.05, 3.63) is 53.5 Å². The smallest absolute Gasteiger partial charge is 0.294 e. The van der Waals surface area contributed by atoms with Gasteiger partial charge in [-0.3, -0.25) is 0 Å². The standard InChI is InChI=1S/C13H10N2O2/c1-17-13-4-2-3-10(7-13)11-5-6-12(8-14)15(16)9-11/h2-7,9H,1H3. The second kappa shape index (κ2) is 4.54. The third kappa shape index (κ3) is 2.18. The lowest BCUT2D eigenvalue weighted by atomic mass is 10.1. The van der Waals surface area contributed by atoms with Gasteiger partial charge in [0, 0.05) is 11.6 Å². The van der Waals surface area contributed by atoms with Gasteiger partial charge in [-0.05, 0) is 23.8 Å². The lowest BCUT2D eigenvalue weighted by molar-refractivity contribution is -0.607. The summed E-state index contributed by atoms with van der Waals surface area (Å²) in [5.41, 5.74) is 1.70. The summed E-state index contributed by atoms with van der Waals surface area (Å²) < 4.78 is 5.68. The largest absolute Gasteiger partial charge is 0.618 e. The molecular weight excluding hydrogens is 216 g/mol. The monoisotopic (exact) mass is 226 g/mol. The van der Waals surface area contributed by atoms with Crippen LogP contribution in [0, 0.1) is 16.5 Å². The van der Waals surface area contributed by atoms with E-state index in [1.165, 1.54) is 12.3 Å². The first-order valence-corrected chi connectivity index (χ1v) is 5.02. The van der Waals surface area contributed by atoms with Crippen molar-refractivity contribution < 1.29 is 9.47 Å². The molecule has 0 amide bonds. The van der Waals surface area contributed by atoms with Crippen molar-refractivity contribution in [1.29, 1.82) is 5.26 Å². The summed E-state index contributed by atoms with van der Waals surface area (Å²) in [6.07, 6.45) is 1.38. The molecule has 2 rings (SSSR count). The minimum atomic E-state index is 0.0802. The average Bonchev–Trinajstić information content (AvgIpc) is 2.38. The summed E-state index contributed by atoms with van der Waals surface area (Å²) in [5.74, 6) is 0.726. The molecule has 0 aliphatic heterocycles. The number of hydrogen-bond donors (Lipinski definition) is 0. The van der Waals surface area contributed by atoms with E-state index in [9.17, 15) is 5.21 Å². The summed E-state index contributed by atoms with van der Waals surface area (Å²) in [7, 11) is 1.59. The molecule has 84 valence electrons. The molecule has 0 fully saturated rings. The van der Waals surface area contributed by atoms with Crippen molar-refractivity contribution in [2.75, 3.05) is 7.11 Å². The molecule has 1 aromatic carbocycles. The molecule has 0 N–H and O–H groups in total. The Labute approximate surface area is 98.9 Å². The first-order valence-electron chi connectivity index (χ1n) is 5.02. The van der Waals surface area contributed by atoms with Gasteiger partial charge < -0.3 is 9.94 Å². The molecule has 0 spiro atoms. The number of methoxy groups -OCH3 is 1. The molecule has 0 radical (unpaired) electrons. The predicted octanol–water partition coefficient (Wildman–Crippen LogP) is 1.87. The van der Waals surface area contributed by atoms with Crippen LogP contribution in [0.1, 0.15) is 5.69 Å². The average molecular weight is 226 g/mol. The van der Waals surface area contributed by atoms with Crippen molar-refractivity contribution in [1.82, 2.24) is 0 Å². The Morgan fingerprint density at radius 3 is 2.71 bits per heavy atom. The fourth-order valence-corrected chi connectivity index (χ4v) is 1.54. The van der Waals surface area contributed by atoms with Gasteiger partial charge in [0.05, 0.1) is 7.11 Å². The van der Waals surface area contributed by atoms with Crippen molar-refractivity contribution in [2.45, 2.75) is 0 Å². The molecule has 0 saturated carbocycles. The van der Waals surface area contributed by atoms with Crippen LogP contribution in [0.5, 0.6) is 5.75 Å². The first kappa shape index (κ1) is 11.0. The van der Waals surface area contributed by atoms with E-state index in [4.69, 9.17) is 10.00 Å². The van der Waals surface area contributed by atoms with Crippen LogP contribution in [0.25, 0.3) is 11.1 Å². The molecule has 0 atom stereocenters. The number of ether oxygens (including phenoxy) is 1. The Hall–Kier alpha value is -2.54. The minimum absolute atomic E-state index is 0.0802. The minimum Gasteiger partial charge on any atom is -0.618 e. The lowest BCUT2D eigenvalue weighted by Gasteiger charge is -2.05. The highest BCUT2D eigenvalue weighted by atomic mass is 16.5. The predicted molar refractivity (Wildman–Crippen MR) is 62.1 cm³/mol. The third-order valence-corrected chi connectivity index (χ3v) is 2.43. The quantitative estimate of drug-likeness (QED) is 0.580. The Morgan fingerprint density at radius 1 is 1.24 bits per heavy atom. The van der Waals surface area contributed by atoms with Crippen LogP contribution in [-0.2, 0) is 0 Å². The number of aromatic nitrogens is 1. The van der Waals surface area contributed by atoms with Crippen LogP contribution in [-0.4, -0.2) is 7.11 Å². The number of hydrogen-bond acceptors (Lipinski definition) is 3. The molecule has 17 heavy (non-hydrogen) atoms. The molecule has 0 bridgehead atoms. The highest BCUT2D eigenvalue weighted by molar-refractivity contribution is 5.63. The number of benzene rings is 1. The van der Waals surface area contributed by atoms with E-state index >= 15 is 0 Å². The zero-order valence-corrected chi connectivity index (χ0v) is 9.25. The van der Waals surface area contributed by atoms with Gasteiger partial charge in [-0.25, -0.2) is 0 Å². The molecule has 0 unspecified atom stereocenters. The second-order valence-corrected chi connectivity index (χ2v) is 3.47. The van der Waals surface area contributed by atoms with E-state index in [0.717, 1.165) is 16.9 Å². The number of nitrogens with zero attached hydrogens (tertiary/aromatic N) is 2. The van der Waals surface area contributed by atoms with Crippen LogP contribution in [0.3, 0.4) is 0 Å². The van der Waals surface area contributed by atoms with Crippen molar-refractivity contribution in [2.24, 2.45) is 0 Å². The van der Waals surface area contributed by atoms with Crippen LogP contribution in [0.4, 0.5) is 0 Å². The Kier molecular flexibility index (Phi) is 2.93. The molecular formula is C13H10N2O2. The van der Waals surface area contributed by atoms with Gasteiger partial charge in [0.25, 0.3) is 5.69 Å². The normalized spacial score (nSPS) is 9.65. The summed E-state index contributed by atoms with van der Waals surface area (Å²) in [6, 6.07) is 12.5. The molecule has 4 heteroatoms. The van der Waals surface area contributed by atoms with Gasteiger partial charge in [0.15, 0.2) is 12.3 Å². The summed E-state index contributed by atoms with van der Waals surface area (Å²) >= 11 is 0. The molecule has 1 heterocycles. The van der Waals surface area contributed by atoms with Crippen molar-refractivity contribution in [3.8, 4) is 22.9 Å². The third-order valence-electron chi connectivity index (χ3n) is 2.43. The fourth-order valence-electron chi connectivity index (χ4n) is 1.54. The van der Waals surface area contributed by atoms with E-state index in [1.54, 1.807) is 13.2 Å². The summed E-state index contributed by atoms with van der Waals surface area (Å²) in [6.45, 7) is 0. The van der Waals surface area contributed by atoms with Gasteiger partial charge >= 0.3 is 0 Å².